The standard InChI is InChI=1S/C14H20ClFN2O2/c1-3-11(19)6-7-17-14(20)18-9(2)10-4-5-13(16)12(15)8-10/h4-5,8-9,11,19H,3,6-7H2,1-2H3,(H2,17,18,20). The highest BCUT2D eigenvalue weighted by atomic mass is 35.5. The van der Waals surface area contributed by atoms with E-state index in [-0.39, 0.29) is 17.1 Å². The zero-order valence-corrected chi connectivity index (χ0v) is 12.4. The molecule has 0 saturated carbocycles. The predicted octanol–water partition coefficient (Wildman–Crippen LogP) is 3.00. The molecule has 2 amide bonds. The smallest absolute Gasteiger partial charge is 0.315 e. The minimum absolute atomic E-state index is 0.0302. The molecule has 0 aliphatic carbocycles. The van der Waals surface area contributed by atoms with Crippen molar-refractivity contribution in [3.05, 3.63) is 34.6 Å². The van der Waals surface area contributed by atoms with Crippen LogP contribution in [0.2, 0.25) is 5.02 Å². The van der Waals surface area contributed by atoms with Crippen molar-refractivity contribution in [2.24, 2.45) is 0 Å². The van der Waals surface area contributed by atoms with Gasteiger partial charge in [0, 0.05) is 6.54 Å². The van der Waals surface area contributed by atoms with Crippen molar-refractivity contribution in [3.8, 4) is 0 Å². The van der Waals surface area contributed by atoms with E-state index in [2.05, 4.69) is 10.6 Å². The van der Waals surface area contributed by atoms with Gasteiger partial charge in [-0.25, -0.2) is 9.18 Å². The van der Waals surface area contributed by atoms with Crippen molar-refractivity contribution >= 4 is 17.6 Å². The third-order valence-corrected chi connectivity index (χ3v) is 3.32. The molecular weight excluding hydrogens is 283 g/mol. The van der Waals surface area contributed by atoms with E-state index in [1.165, 1.54) is 12.1 Å². The van der Waals surface area contributed by atoms with Crippen molar-refractivity contribution in [2.75, 3.05) is 6.54 Å². The van der Waals surface area contributed by atoms with Crippen LogP contribution in [0.5, 0.6) is 0 Å². The SMILES string of the molecule is CCC(O)CCNC(=O)NC(C)c1ccc(F)c(Cl)c1. The molecule has 0 bridgehead atoms. The second kappa shape index (κ2) is 8.07. The molecule has 0 saturated heterocycles. The van der Waals surface area contributed by atoms with E-state index in [0.29, 0.717) is 19.4 Å². The molecule has 1 aromatic rings. The quantitative estimate of drug-likeness (QED) is 0.756. The maximum Gasteiger partial charge on any atom is 0.315 e. The summed E-state index contributed by atoms with van der Waals surface area (Å²) in [6, 6.07) is 3.71. The second-order valence-corrected chi connectivity index (χ2v) is 5.05. The molecule has 2 unspecified atom stereocenters. The molecular formula is C14H20ClFN2O2. The molecule has 0 radical (unpaired) electrons. The lowest BCUT2D eigenvalue weighted by atomic mass is 10.1. The van der Waals surface area contributed by atoms with Gasteiger partial charge in [-0.05, 0) is 37.5 Å². The first kappa shape index (κ1) is 16.7. The molecule has 1 rings (SSSR count). The fraction of sp³-hybridized carbons (Fsp3) is 0.500. The molecule has 0 aliphatic heterocycles. The number of urea groups is 1. The monoisotopic (exact) mass is 302 g/mol. The Labute approximate surface area is 123 Å². The molecule has 1 aromatic carbocycles. The Kier molecular flexibility index (Phi) is 6.75. The van der Waals surface area contributed by atoms with Crippen LogP contribution in [0, 0.1) is 5.82 Å². The largest absolute Gasteiger partial charge is 0.393 e. The lowest BCUT2D eigenvalue weighted by Crippen LogP contribution is -2.38. The fourth-order valence-corrected chi connectivity index (χ4v) is 1.86. The first-order valence-corrected chi connectivity index (χ1v) is 6.99. The molecule has 0 heterocycles. The summed E-state index contributed by atoms with van der Waals surface area (Å²) >= 11 is 5.70. The third-order valence-electron chi connectivity index (χ3n) is 3.03. The highest BCUT2D eigenvalue weighted by Crippen LogP contribution is 2.20. The van der Waals surface area contributed by atoms with E-state index in [1.54, 1.807) is 13.0 Å². The van der Waals surface area contributed by atoms with Crippen LogP contribution in [-0.2, 0) is 0 Å². The normalized spacial score (nSPS) is 13.7. The van der Waals surface area contributed by atoms with Gasteiger partial charge in [-0.15, -0.1) is 0 Å². The number of aliphatic hydroxyl groups excluding tert-OH is 1. The van der Waals surface area contributed by atoms with E-state index < -0.39 is 11.9 Å². The summed E-state index contributed by atoms with van der Waals surface area (Å²) in [5.74, 6) is -0.486. The van der Waals surface area contributed by atoms with Crippen LogP contribution < -0.4 is 10.6 Å². The van der Waals surface area contributed by atoms with Crippen LogP contribution in [0.4, 0.5) is 9.18 Å². The average molecular weight is 303 g/mol. The number of hydrogen-bond acceptors (Lipinski definition) is 2. The Morgan fingerprint density at radius 1 is 1.50 bits per heavy atom. The Balaban J connectivity index is 2.43. The van der Waals surface area contributed by atoms with Crippen LogP contribution in [0.3, 0.4) is 0 Å². The zero-order valence-electron chi connectivity index (χ0n) is 11.6. The van der Waals surface area contributed by atoms with Gasteiger partial charge in [-0.3, -0.25) is 0 Å². The molecule has 0 spiro atoms. The lowest BCUT2D eigenvalue weighted by molar-refractivity contribution is 0.160. The van der Waals surface area contributed by atoms with Crippen molar-refractivity contribution < 1.29 is 14.3 Å². The number of halogens is 2. The highest BCUT2D eigenvalue weighted by Gasteiger charge is 2.11. The van der Waals surface area contributed by atoms with Gasteiger partial charge in [0.1, 0.15) is 5.82 Å². The molecule has 2 atom stereocenters. The van der Waals surface area contributed by atoms with Gasteiger partial charge in [0.15, 0.2) is 0 Å². The Hall–Kier alpha value is -1.33. The molecule has 4 nitrogen and oxygen atoms in total. The summed E-state index contributed by atoms with van der Waals surface area (Å²) in [5, 5.41) is 14.8. The maximum absolute atomic E-state index is 13.0. The van der Waals surface area contributed by atoms with Gasteiger partial charge in [0.05, 0.1) is 17.2 Å². The van der Waals surface area contributed by atoms with Gasteiger partial charge in [0.25, 0.3) is 0 Å². The number of hydrogen-bond donors (Lipinski definition) is 3. The summed E-state index contributed by atoms with van der Waals surface area (Å²) in [6.45, 7) is 4.06. The predicted molar refractivity (Wildman–Crippen MR) is 77.3 cm³/mol. The van der Waals surface area contributed by atoms with Crippen LogP contribution in [0.1, 0.15) is 38.3 Å². The Morgan fingerprint density at radius 2 is 2.20 bits per heavy atom. The van der Waals surface area contributed by atoms with Gasteiger partial charge in [0.2, 0.25) is 0 Å². The first-order valence-electron chi connectivity index (χ1n) is 6.61. The van der Waals surface area contributed by atoms with Crippen molar-refractivity contribution in [1.82, 2.24) is 10.6 Å². The molecule has 0 aromatic heterocycles. The lowest BCUT2D eigenvalue weighted by Gasteiger charge is -2.16. The number of benzene rings is 1. The number of carbonyl (C=O) groups excluding carboxylic acids is 1. The van der Waals surface area contributed by atoms with Crippen LogP contribution >= 0.6 is 11.6 Å². The number of carbonyl (C=O) groups is 1. The minimum Gasteiger partial charge on any atom is -0.393 e. The van der Waals surface area contributed by atoms with E-state index >= 15 is 0 Å². The zero-order chi connectivity index (χ0) is 15.1. The summed E-state index contributed by atoms with van der Waals surface area (Å²) in [4.78, 5) is 11.6. The van der Waals surface area contributed by atoms with Gasteiger partial charge in [-0.2, -0.15) is 0 Å². The van der Waals surface area contributed by atoms with Crippen LogP contribution in [0.25, 0.3) is 0 Å². The topological polar surface area (TPSA) is 61.4 Å². The number of aliphatic hydroxyl groups is 1. The summed E-state index contributed by atoms with van der Waals surface area (Å²) in [5.41, 5.74) is 0.722. The third kappa shape index (κ3) is 5.35. The number of nitrogens with one attached hydrogen (secondary N) is 2. The van der Waals surface area contributed by atoms with Crippen molar-refractivity contribution in [3.63, 3.8) is 0 Å². The van der Waals surface area contributed by atoms with Crippen molar-refractivity contribution in [2.45, 2.75) is 38.8 Å². The van der Waals surface area contributed by atoms with E-state index in [9.17, 15) is 14.3 Å². The second-order valence-electron chi connectivity index (χ2n) is 4.65. The molecule has 6 heteroatoms. The van der Waals surface area contributed by atoms with Crippen LogP contribution in [0.15, 0.2) is 18.2 Å². The first-order chi connectivity index (χ1) is 9.43. The minimum atomic E-state index is -0.486. The average Bonchev–Trinajstić information content (AvgIpc) is 2.41. The Bertz CT molecular complexity index is 457. The molecule has 3 N–H and O–H groups in total. The number of amides is 2. The van der Waals surface area contributed by atoms with E-state index in [0.717, 1.165) is 5.56 Å². The summed E-state index contributed by atoms with van der Waals surface area (Å²) < 4.78 is 13.0. The molecule has 112 valence electrons. The summed E-state index contributed by atoms with van der Waals surface area (Å²) in [6.07, 6.45) is 0.776. The van der Waals surface area contributed by atoms with Crippen molar-refractivity contribution in [1.29, 1.82) is 0 Å². The molecule has 20 heavy (non-hydrogen) atoms. The van der Waals surface area contributed by atoms with Gasteiger partial charge < -0.3 is 15.7 Å². The Morgan fingerprint density at radius 3 is 2.80 bits per heavy atom. The molecule has 0 fully saturated rings. The summed E-state index contributed by atoms with van der Waals surface area (Å²) in [7, 11) is 0. The van der Waals surface area contributed by atoms with Gasteiger partial charge >= 0.3 is 6.03 Å². The van der Waals surface area contributed by atoms with E-state index in [4.69, 9.17) is 11.6 Å². The number of rotatable bonds is 6. The fourth-order valence-electron chi connectivity index (χ4n) is 1.67. The van der Waals surface area contributed by atoms with Gasteiger partial charge in [-0.1, -0.05) is 24.6 Å². The molecule has 0 aliphatic rings. The highest BCUT2D eigenvalue weighted by molar-refractivity contribution is 6.30. The van der Waals surface area contributed by atoms with E-state index in [1.807, 2.05) is 6.92 Å². The van der Waals surface area contributed by atoms with Crippen LogP contribution in [-0.4, -0.2) is 23.8 Å². The maximum atomic E-state index is 13.0.